The minimum Gasteiger partial charge on any atom is -0.465 e. The predicted octanol–water partition coefficient (Wildman–Crippen LogP) is 1.26. The van der Waals surface area contributed by atoms with Gasteiger partial charge in [0.2, 0.25) is 0 Å². The molecule has 1 saturated heterocycles. The Morgan fingerprint density at radius 1 is 1.53 bits per heavy atom. The molecule has 2 atom stereocenters. The van der Waals surface area contributed by atoms with Gasteiger partial charge in [-0.25, -0.2) is 0 Å². The second kappa shape index (κ2) is 7.67. The highest BCUT2D eigenvalue weighted by Crippen LogP contribution is 2.13. The summed E-state index contributed by atoms with van der Waals surface area (Å²) in [5, 5.41) is 3.37. The minimum absolute atomic E-state index is 0.0966. The standard InChI is InChI=1S/C13H26N2O2/c1-4-6-12(13(16)17-5-2)14-9-11-7-8-15(3)10-11/h11-12,14H,4-10H2,1-3H3. The first-order chi connectivity index (χ1) is 8.17. The molecule has 1 heterocycles. The molecule has 1 N–H and O–H groups in total. The third-order valence-electron chi connectivity index (χ3n) is 3.29. The van der Waals surface area contributed by atoms with Crippen molar-refractivity contribution in [2.45, 2.75) is 39.2 Å². The number of carbonyl (C=O) groups excluding carboxylic acids is 1. The minimum atomic E-state index is -0.120. The number of rotatable bonds is 7. The smallest absolute Gasteiger partial charge is 0.323 e. The number of hydrogen-bond donors (Lipinski definition) is 1. The van der Waals surface area contributed by atoms with E-state index in [1.807, 2.05) is 6.92 Å². The third kappa shape index (κ3) is 5.04. The van der Waals surface area contributed by atoms with Crippen LogP contribution in [0.5, 0.6) is 0 Å². The van der Waals surface area contributed by atoms with E-state index in [4.69, 9.17) is 4.74 Å². The van der Waals surface area contributed by atoms with Gasteiger partial charge in [-0.05, 0) is 39.3 Å². The lowest BCUT2D eigenvalue weighted by molar-refractivity contribution is -0.145. The van der Waals surface area contributed by atoms with Crippen molar-refractivity contribution < 1.29 is 9.53 Å². The number of nitrogens with zero attached hydrogens (tertiary/aromatic N) is 1. The van der Waals surface area contributed by atoms with Crippen molar-refractivity contribution >= 4 is 5.97 Å². The first-order valence-corrected chi connectivity index (χ1v) is 6.75. The first-order valence-electron chi connectivity index (χ1n) is 6.75. The van der Waals surface area contributed by atoms with Crippen LogP contribution in [0, 0.1) is 5.92 Å². The van der Waals surface area contributed by atoms with Gasteiger partial charge >= 0.3 is 5.97 Å². The largest absolute Gasteiger partial charge is 0.465 e. The van der Waals surface area contributed by atoms with Gasteiger partial charge in [-0.15, -0.1) is 0 Å². The van der Waals surface area contributed by atoms with E-state index < -0.39 is 0 Å². The topological polar surface area (TPSA) is 41.6 Å². The maximum atomic E-state index is 11.7. The van der Waals surface area contributed by atoms with Crippen LogP contribution in [0.4, 0.5) is 0 Å². The molecule has 4 nitrogen and oxygen atoms in total. The fraction of sp³-hybridized carbons (Fsp3) is 0.923. The second-order valence-electron chi connectivity index (χ2n) is 4.92. The Morgan fingerprint density at radius 3 is 2.82 bits per heavy atom. The molecule has 100 valence electrons. The van der Waals surface area contributed by atoms with Gasteiger partial charge in [0.05, 0.1) is 6.61 Å². The normalized spacial score (nSPS) is 22.6. The van der Waals surface area contributed by atoms with Crippen molar-refractivity contribution in [1.82, 2.24) is 10.2 Å². The molecule has 1 fully saturated rings. The van der Waals surface area contributed by atoms with Crippen LogP contribution < -0.4 is 5.32 Å². The average molecular weight is 242 g/mol. The Morgan fingerprint density at radius 2 is 2.29 bits per heavy atom. The first kappa shape index (κ1) is 14.5. The van der Waals surface area contributed by atoms with E-state index in [0.29, 0.717) is 12.5 Å². The Kier molecular flexibility index (Phi) is 6.52. The van der Waals surface area contributed by atoms with Gasteiger partial charge in [-0.1, -0.05) is 13.3 Å². The molecule has 0 aromatic heterocycles. The van der Waals surface area contributed by atoms with Crippen LogP contribution in [-0.2, 0) is 9.53 Å². The van der Waals surface area contributed by atoms with E-state index in [-0.39, 0.29) is 12.0 Å². The molecule has 0 saturated carbocycles. The van der Waals surface area contributed by atoms with Crippen LogP contribution >= 0.6 is 0 Å². The Bertz CT molecular complexity index is 233. The van der Waals surface area contributed by atoms with Gasteiger partial charge in [-0.2, -0.15) is 0 Å². The zero-order chi connectivity index (χ0) is 12.7. The summed E-state index contributed by atoms with van der Waals surface area (Å²) in [6.45, 7) is 7.64. The molecule has 0 spiro atoms. The third-order valence-corrected chi connectivity index (χ3v) is 3.29. The van der Waals surface area contributed by atoms with Crippen LogP contribution in [0.25, 0.3) is 0 Å². The number of likely N-dealkylation sites (tertiary alicyclic amines) is 1. The van der Waals surface area contributed by atoms with Crippen molar-refractivity contribution in [1.29, 1.82) is 0 Å². The summed E-state index contributed by atoms with van der Waals surface area (Å²) in [6.07, 6.45) is 3.09. The molecule has 0 amide bonds. The van der Waals surface area contributed by atoms with Crippen molar-refractivity contribution in [2.75, 3.05) is 33.3 Å². The zero-order valence-electron chi connectivity index (χ0n) is 11.4. The fourth-order valence-electron chi connectivity index (χ4n) is 2.34. The van der Waals surface area contributed by atoms with Crippen LogP contribution in [0.1, 0.15) is 33.1 Å². The van der Waals surface area contributed by atoms with Crippen LogP contribution in [0.2, 0.25) is 0 Å². The summed E-state index contributed by atoms with van der Waals surface area (Å²) < 4.78 is 5.08. The van der Waals surface area contributed by atoms with Gasteiger partial charge < -0.3 is 15.0 Å². The quantitative estimate of drug-likeness (QED) is 0.682. The van der Waals surface area contributed by atoms with E-state index in [2.05, 4.69) is 24.2 Å². The number of esters is 1. The molecular formula is C13H26N2O2. The van der Waals surface area contributed by atoms with Gasteiger partial charge in [0.25, 0.3) is 0 Å². The second-order valence-corrected chi connectivity index (χ2v) is 4.92. The molecule has 0 aromatic rings. The number of carbonyl (C=O) groups is 1. The summed E-state index contributed by atoms with van der Waals surface area (Å²) in [5.74, 6) is 0.578. The summed E-state index contributed by atoms with van der Waals surface area (Å²) in [6, 6.07) is -0.120. The number of ether oxygens (including phenoxy) is 1. The summed E-state index contributed by atoms with van der Waals surface area (Å²) in [7, 11) is 2.15. The lowest BCUT2D eigenvalue weighted by Crippen LogP contribution is -2.41. The van der Waals surface area contributed by atoms with Crippen molar-refractivity contribution in [3.8, 4) is 0 Å². The fourth-order valence-corrected chi connectivity index (χ4v) is 2.34. The molecule has 2 unspecified atom stereocenters. The highest BCUT2D eigenvalue weighted by Gasteiger charge is 2.23. The van der Waals surface area contributed by atoms with E-state index in [9.17, 15) is 4.79 Å². The molecule has 0 aliphatic carbocycles. The van der Waals surface area contributed by atoms with E-state index in [1.54, 1.807) is 0 Å². The van der Waals surface area contributed by atoms with Gasteiger partial charge in [-0.3, -0.25) is 4.79 Å². The SMILES string of the molecule is CCCC(NCC1CCN(C)C1)C(=O)OCC. The van der Waals surface area contributed by atoms with Crippen molar-refractivity contribution in [3.63, 3.8) is 0 Å². The zero-order valence-corrected chi connectivity index (χ0v) is 11.4. The van der Waals surface area contributed by atoms with Crippen LogP contribution in [0.3, 0.4) is 0 Å². The van der Waals surface area contributed by atoms with Crippen LogP contribution in [0.15, 0.2) is 0 Å². The van der Waals surface area contributed by atoms with E-state index >= 15 is 0 Å². The molecule has 17 heavy (non-hydrogen) atoms. The van der Waals surface area contributed by atoms with E-state index in [1.165, 1.54) is 13.0 Å². The van der Waals surface area contributed by atoms with Crippen molar-refractivity contribution in [3.05, 3.63) is 0 Å². The lowest BCUT2D eigenvalue weighted by Gasteiger charge is -2.19. The van der Waals surface area contributed by atoms with Gasteiger partial charge in [0, 0.05) is 13.1 Å². The molecule has 0 bridgehead atoms. The molecule has 0 radical (unpaired) electrons. The van der Waals surface area contributed by atoms with E-state index in [0.717, 1.165) is 25.9 Å². The number of hydrogen-bond acceptors (Lipinski definition) is 4. The lowest BCUT2D eigenvalue weighted by atomic mass is 10.1. The molecule has 1 rings (SSSR count). The Labute approximate surface area is 105 Å². The average Bonchev–Trinajstić information content (AvgIpc) is 2.70. The molecule has 0 aromatic carbocycles. The van der Waals surface area contributed by atoms with Gasteiger partial charge in [0.15, 0.2) is 0 Å². The summed E-state index contributed by atoms with van der Waals surface area (Å²) in [4.78, 5) is 14.0. The Hall–Kier alpha value is -0.610. The number of nitrogens with one attached hydrogen (secondary N) is 1. The maximum Gasteiger partial charge on any atom is 0.323 e. The molecule has 1 aliphatic rings. The monoisotopic (exact) mass is 242 g/mol. The molecule has 1 aliphatic heterocycles. The van der Waals surface area contributed by atoms with Crippen molar-refractivity contribution in [2.24, 2.45) is 5.92 Å². The highest BCUT2D eigenvalue weighted by molar-refractivity contribution is 5.75. The summed E-state index contributed by atoms with van der Waals surface area (Å²) in [5.41, 5.74) is 0. The predicted molar refractivity (Wildman–Crippen MR) is 68.9 cm³/mol. The maximum absolute atomic E-state index is 11.7. The highest BCUT2D eigenvalue weighted by atomic mass is 16.5. The molecule has 4 heteroatoms. The van der Waals surface area contributed by atoms with Gasteiger partial charge in [0.1, 0.15) is 6.04 Å². The van der Waals surface area contributed by atoms with Crippen LogP contribution in [-0.4, -0.2) is 50.2 Å². The summed E-state index contributed by atoms with van der Waals surface area (Å²) >= 11 is 0. The molecular weight excluding hydrogens is 216 g/mol. The Balaban J connectivity index is 2.30.